The summed E-state index contributed by atoms with van der Waals surface area (Å²) in [6.45, 7) is -3.32. The van der Waals surface area contributed by atoms with E-state index in [2.05, 4.69) is 26.0 Å². The summed E-state index contributed by atoms with van der Waals surface area (Å²) in [7, 11) is 0. The minimum absolute atomic E-state index is 0.000919. The molecule has 25 heavy (non-hydrogen) atoms. The number of esters is 1. The number of halogens is 3. The molecule has 0 unspecified atom stereocenters. The number of amides is 1. The average Bonchev–Trinajstić information content (AvgIpc) is 2.56. The van der Waals surface area contributed by atoms with Crippen molar-refractivity contribution in [3.8, 4) is 5.75 Å². The van der Waals surface area contributed by atoms with Crippen LogP contribution in [0.3, 0.4) is 0 Å². The van der Waals surface area contributed by atoms with Gasteiger partial charge in [-0.2, -0.15) is 8.78 Å². The van der Waals surface area contributed by atoms with Crippen LogP contribution in [-0.4, -0.2) is 25.1 Å². The standard InChI is InChI=1S/C17H14BrF2NO4/c18-12-3-5-13(6-4-12)21-15(22)10-24-16(23)9-11-1-7-14(8-2-11)25-17(19)20/h1-8,17H,9-10H2,(H,21,22). The fourth-order valence-electron chi connectivity index (χ4n) is 1.88. The Morgan fingerprint density at radius 2 is 1.68 bits per heavy atom. The normalized spacial score (nSPS) is 10.4. The number of nitrogens with one attached hydrogen (secondary N) is 1. The first-order chi connectivity index (χ1) is 11.9. The predicted molar refractivity (Wildman–Crippen MR) is 90.5 cm³/mol. The molecule has 0 saturated carbocycles. The molecule has 0 saturated heterocycles. The lowest BCUT2D eigenvalue weighted by Gasteiger charge is -2.08. The number of hydrogen-bond acceptors (Lipinski definition) is 4. The van der Waals surface area contributed by atoms with Crippen LogP contribution >= 0.6 is 15.9 Å². The van der Waals surface area contributed by atoms with Crippen molar-refractivity contribution in [3.05, 3.63) is 58.6 Å². The quantitative estimate of drug-likeness (QED) is 0.701. The summed E-state index contributed by atoms with van der Waals surface area (Å²) in [4.78, 5) is 23.4. The van der Waals surface area contributed by atoms with Gasteiger partial charge in [-0.25, -0.2) is 0 Å². The number of alkyl halides is 2. The van der Waals surface area contributed by atoms with Crippen molar-refractivity contribution in [2.75, 3.05) is 11.9 Å². The van der Waals surface area contributed by atoms with Crippen molar-refractivity contribution in [1.82, 2.24) is 0 Å². The zero-order chi connectivity index (χ0) is 18.2. The maximum Gasteiger partial charge on any atom is 0.387 e. The summed E-state index contributed by atoms with van der Waals surface area (Å²) in [6.07, 6.45) is -0.0828. The van der Waals surface area contributed by atoms with Gasteiger partial charge in [0.1, 0.15) is 5.75 Å². The van der Waals surface area contributed by atoms with Gasteiger partial charge in [0.25, 0.3) is 5.91 Å². The van der Waals surface area contributed by atoms with Crippen molar-refractivity contribution in [2.24, 2.45) is 0 Å². The molecular weight excluding hydrogens is 400 g/mol. The van der Waals surface area contributed by atoms with E-state index in [0.717, 1.165) is 4.47 Å². The summed E-state index contributed by atoms with van der Waals surface area (Å²) < 4.78 is 34.1. The second kappa shape index (κ2) is 9.12. The van der Waals surface area contributed by atoms with Crippen LogP contribution < -0.4 is 10.1 Å². The van der Waals surface area contributed by atoms with E-state index in [9.17, 15) is 18.4 Å². The zero-order valence-corrected chi connectivity index (χ0v) is 14.5. The molecule has 0 aliphatic rings. The molecular formula is C17H14BrF2NO4. The summed E-state index contributed by atoms with van der Waals surface area (Å²) in [5, 5.41) is 2.59. The van der Waals surface area contributed by atoms with Crippen LogP contribution in [0.25, 0.3) is 0 Å². The molecule has 2 aromatic rings. The van der Waals surface area contributed by atoms with Crippen LogP contribution in [0.15, 0.2) is 53.0 Å². The molecule has 0 heterocycles. The minimum Gasteiger partial charge on any atom is -0.455 e. The Bertz CT molecular complexity index is 720. The zero-order valence-electron chi connectivity index (χ0n) is 12.9. The Hall–Kier alpha value is -2.48. The Balaban J connectivity index is 1.76. The molecule has 0 aliphatic carbocycles. The van der Waals surface area contributed by atoms with E-state index in [-0.39, 0.29) is 12.2 Å². The Kier molecular flexibility index (Phi) is 6.88. The van der Waals surface area contributed by atoms with Gasteiger partial charge in [0.2, 0.25) is 0 Å². The highest BCUT2D eigenvalue weighted by Gasteiger charge is 2.10. The number of benzene rings is 2. The van der Waals surface area contributed by atoms with Gasteiger partial charge in [-0.3, -0.25) is 9.59 Å². The molecule has 0 radical (unpaired) electrons. The highest BCUT2D eigenvalue weighted by Crippen LogP contribution is 2.16. The van der Waals surface area contributed by atoms with Gasteiger partial charge in [-0.15, -0.1) is 0 Å². The van der Waals surface area contributed by atoms with Crippen LogP contribution in [0.5, 0.6) is 5.75 Å². The van der Waals surface area contributed by atoms with Crippen LogP contribution in [0.1, 0.15) is 5.56 Å². The molecule has 0 spiro atoms. The molecule has 0 fully saturated rings. The van der Waals surface area contributed by atoms with Crippen molar-refractivity contribution in [1.29, 1.82) is 0 Å². The molecule has 132 valence electrons. The lowest BCUT2D eigenvalue weighted by molar-refractivity contribution is -0.146. The van der Waals surface area contributed by atoms with Crippen LogP contribution in [0.2, 0.25) is 0 Å². The number of carbonyl (C=O) groups excluding carboxylic acids is 2. The van der Waals surface area contributed by atoms with Gasteiger partial charge in [-0.1, -0.05) is 28.1 Å². The van der Waals surface area contributed by atoms with Gasteiger partial charge in [0.15, 0.2) is 6.61 Å². The predicted octanol–water partition coefficient (Wildman–Crippen LogP) is 3.77. The molecule has 2 rings (SSSR count). The lowest BCUT2D eigenvalue weighted by Crippen LogP contribution is -2.21. The number of hydrogen-bond donors (Lipinski definition) is 1. The molecule has 0 aliphatic heterocycles. The monoisotopic (exact) mass is 413 g/mol. The van der Waals surface area contributed by atoms with Gasteiger partial charge in [0, 0.05) is 10.2 Å². The number of rotatable bonds is 7. The Morgan fingerprint density at radius 1 is 1.04 bits per heavy atom. The molecule has 0 bridgehead atoms. The largest absolute Gasteiger partial charge is 0.455 e. The van der Waals surface area contributed by atoms with E-state index in [1.165, 1.54) is 24.3 Å². The van der Waals surface area contributed by atoms with Gasteiger partial charge in [-0.05, 0) is 42.0 Å². The van der Waals surface area contributed by atoms with Gasteiger partial charge in [0.05, 0.1) is 6.42 Å². The molecule has 2 aromatic carbocycles. The van der Waals surface area contributed by atoms with Gasteiger partial charge < -0.3 is 14.8 Å². The third-order valence-electron chi connectivity index (χ3n) is 2.99. The highest BCUT2D eigenvalue weighted by molar-refractivity contribution is 9.10. The van der Waals surface area contributed by atoms with E-state index >= 15 is 0 Å². The topological polar surface area (TPSA) is 64.6 Å². The smallest absolute Gasteiger partial charge is 0.387 e. The van der Waals surface area contributed by atoms with E-state index in [1.807, 2.05) is 0 Å². The number of anilines is 1. The van der Waals surface area contributed by atoms with Crippen molar-refractivity contribution < 1.29 is 27.8 Å². The number of ether oxygens (including phenoxy) is 2. The van der Waals surface area contributed by atoms with Crippen LogP contribution in [0, 0.1) is 0 Å². The summed E-state index contributed by atoms with van der Waals surface area (Å²) >= 11 is 3.28. The number of carbonyl (C=O) groups is 2. The third kappa shape index (κ3) is 6.88. The average molecular weight is 414 g/mol. The van der Waals surface area contributed by atoms with Gasteiger partial charge >= 0.3 is 12.6 Å². The molecule has 0 atom stereocenters. The van der Waals surface area contributed by atoms with Crippen molar-refractivity contribution in [2.45, 2.75) is 13.0 Å². The molecule has 0 aromatic heterocycles. The van der Waals surface area contributed by atoms with Crippen molar-refractivity contribution in [3.63, 3.8) is 0 Å². The highest BCUT2D eigenvalue weighted by atomic mass is 79.9. The van der Waals surface area contributed by atoms with Crippen molar-refractivity contribution >= 4 is 33.5 Å². The van der Waals surface area contributed by atoms with Crippen LogP contribution in [0.4, 0.5) is 14.5 Å². The van der Waals surface area contributed by atoms with E-state index in [4.69, 9.17) is 4.74 Å². The van der Waals surface area contributed by atoms with E-state index < -0.39 is 25.1 Å². The lowest BCUT2D eigenvalue weighted by atomic mass is 10.1. The Labute approximate surface area is 151 Å². The Morgan fingerprint density at radius 3 is 2.28 bits per heavy atom. The van der Waals surface area contributed by atoms with Crippen LogP contribution in [-0.2, 0) is 20.7 Å². The fraction of sp³-hybridized carbons (Fsp3) is 0.176. The van der Waals surface area contributed by atoms with E-state index in [1.54, 1.807) is 24.3 Å². The molecule has 1 amide bonds. The second-order valence-electron chi connectivity index (χ2n) is 4.91. The first-order valence-electron chi connectivity index (χ1n) is 7.17. The maximum atomic E-state index is 12.0. The first-order valence-corrected chi connectivity index (χ1v) is 7.96. The molecule has 8 heteroatoms. The maximum absolute atomic E-state index is 12.0. The minimum atomic E-state index is -2.90. The second-order valence-corrected chi connectivity index (χ2v) is 5.83. The molecule has 5 nitrogen and oxygen atoms in total. The fourth-order valence-corrected chi connectivity index (χ4v) is 2.15. The summed E-state index contributed by atoms with van der Waals surface area (Å²) in [5.41, 5.74) is 1.14. The third-order valence-corrected chi connectivity index (χ3v) is 3.52. The first kappa shape index (κ1) is 18.9. The van der Waals surface area contributed by atoms with E-state index in [0.29, 0.717) is 11.3 Å². The summed E-state index contributed by atoms with van der Waals surface area (Å²) in [6, 6.07) is 12.5. The SMILES string of the molecule is O=C(COC(=O)Cc1ccc(OC(F)F)cc1)Nc1ccc(Br)cc1. The summed E-state index contributed by atoms with van der Waals surface area (Å²) in [5.74, 6) is -1.06. The molecule has 1 N–H and O–H groups in total.